The average molecular weight is 355 g/mol. The van der Waals surface area contributed by atoms with Crippen molar-refractivity contribution in [1.82, 2.24) is 15.0 Å². The molecular formula is C21H29N3O2. The Bertz CT molecular complexity index is 822. The second kappa shape index (κ2) is 6.67. The Kier molecular flexibility index (Phi) is 4.49. The first-order valence-corrected chi connectivity index (χ1v) is 10.0. The van der Waals surface area contributed by atoms with Gasteiger partial charge in [0.25, 0.3) is 11.6 Å². The normalized spacial score (nSPS) is 24.3. The van der Waals surface area contributed by atoms with E-state index in [2.05, 4.69) is 35.8 Å². The Balaban J connectivity index is 1.77. The van der Waals surface area contributed by atoms with E-state index < -0.39 is 0 Å². The summed E-state index contributed by atoms with van der Waals surface area (Å²) in [6.07, 6.45) is 5.64. The van der Waals surface area contributed by atoms with Gasteiger partial charge >= 0.3 is 0 Å². The maximum absolute atomic E-state index is 13.7. The molecule has 2 atom stereocenters. The van der Waals surface area contributed by atoms with Crippen molar-refractivity contribution >= 4 is 17.0 Å². The Morgan fingerprint density at radius 3 is 2.69 bits per heavy atom. The molecule has 140 valence electrons. The molecule has 2 unspecified atom stereocenters. The third kappa shape index (κ3) is 3.12. The molecule has 1 aliphatic carbocycles. The first-order chi connectivity index (χ1) is 12.5. The summed E-state index contributed by atoms with van der Waals surface area (Å²) in [7, 11) is 0. The molecule has 4 rings (SSSR count). The lowest BCUT2D eigenvalue weighted by atomic mass is 9.95. The molecule has 3 heterocycles. The predicted molar refractivity (Wildman–Crippen MR) is 101 cm³/mol. The molecule has 1 aliphatic heterocycles. The Morgan fingerprint density at radius 2 is 2.00 bits per heavy atom. The van der Waals surface area contributed by atoms with Crippen molar-refractivity contribution in [3.63, 3.8) is 0 Å². The summed E-state index contributed by atoms with van der Waals surface area (Å²) in [5.41, 5.74) is 2.99. The zero-order valence-electron chi connectivity index (χ0n) is 16.3. The minimum absolute atomic E-state index is 0.124. The van der Waals surface area contributed by atoms with Crippen LogP contribution in [0.3, 0.4) is 0 Å². The number of amides is 1. The molecule has 0 spiro atoms. The van der Waals surface area contributed by atoms with Crippen molar-refractivity contribution in [3.8, 4) is 0 Å². The highest BCUT2D eigenvalue weighted by Gasteiger charge is 2.34. The van der Waals surface area contributed by atoms with E-state index in [-0.39, 0.29) is 5.91 Å². The highest BCUT2D eigenvalue weighted by atomic mass is 16.5. The number of pyridine rings is 1. The molecule has 2 aromatic heterocycles. The topological polar surface area (TPSA) is 59.2 Å². The number of carbonyl (C=O) groups excluding carboxylic acids is 1. The fraction of sp³-hybridized carbons (Fsp3) is 0.667. The van der Waals surface area contributed by atoms with Crippen molar-refractivity contribution in [1.29, 1.82) is 0 Å². The molecular weight excluding hydrogens is 326 g/mol. The van der Waals surface area contributed by atoms with Crippen molar-refractivity contribution in [2.24, 2.45) is 11.8 Å². The summed E-state index contributed by atoms with van der Waals surface area (Å²) in [5.74, 6) is 1.72. The monoisotopic (exact) mass is 355 g/mol. The van der Waals surface area contributed by atoms with Crippen LogP contribution in [0.25, 0.3) is 11.1 Å². The number of carbonyl (C=O) groups is 1. The van der Waals surface area contributed by atoms with Gasteiger partial charge in [-0.05, 0) is 56.9 Å². The average Bonchev–Trinajstić information content (AvgIpc) is 3.41. The summed E-state index contributed by atoms with van der Waals surface area (Å²) >= 11 is 0. The standard InChI is InChI=1S/C21H29N3O2/c1-12(2)18-8-5-13(3)9-10-24(18)21(25)16-11-17(15-6-7-15)22-20-19(16)14(4)23-26-20/h11-13,15,18H,5-10H2,1-4H3. The third-order valence-corrected chi connectivity index (χ3v) is 6.11. The van der Waals surface area contributed by atoms with E-state index in [1.165, 1.54) is 6.42 Å². The SMILES string of the molecule is Cc1noc2nc(C3CC3)cc(C(=O)N3CCC(C)CCC3C(C)C)c12. The van der Waals surface area contributed by atoms with Crippen molar-refractivity contribution in [2.45, 2.75) is 71.8 Å². The third-order valence-electron chi connectivity index (χ3n) is 6.11. The van der Waals surface area contributed by atoms with E-state index in [0.29, 0.717) is 29.5 Å². The minimum Gasteiger partial charge on any atom is -0.336 e. The van der Waals surface area contributed by atoms with Crippen LogP contribution in [0, 0.1) is 18.8 Å². The maximum atomic E-state index is 13.7. The highest BCUT2D eigenvalue weighted by Crippen LogP contribution is 2.41. The number of hydrogen-bond donors (Lipinski definition) is 0. The first kappa shape index (κ1) is 17.5. The fourth-order valence-corrected chi connectivity index (χ4v) is 4.25. The molecule has 26 heavy (non-hydrogen) atoms. The van der Waals surface area contributed by atoms with Gasteiger partial charge in [0.1, 0.15) is 0 Å². The van der Waals surface area contributed by atoms with Gasteiger partial charge < -0.3 is 9.42 Å². The van der Waals surface area contributed by atoms with Crippen molar-refractivity contribution in [2.75, 3.05) is 6.54 Å². The molecule has 2 aliphatic rings. The van der Waals surface area contributed by atoms with Crippen LogP contribution in [0.2, 0.25) is 0 Å². The maximum Gasteiger partial charge on any atom is 0.259 e. The molecule has 0 aromatic carbocycles. The second-order valence-corrected chi connectivity index (χ2v) is 8.60. The molecule has 2 fully saturated rings. The lowest BCUT2D eigenvalue weighted by molar-refractivity contribution is 0.0633. The highest BCUT2D eigenvalue weighted by molar-refractivity contribution is 6.06. The van der Waals surface area contributed by atoms with Crippen LogP contribution in [0.5, 0.6) is 0 Å². The molecule has 1 amide bonds. The number of rotatable bonds is 3. The van der Waals surface area contributed by atoms with E-state index >= 15 is 0 Å². The van der Waals surface area contributed by atoms with Gasteiger partial charge in [-0.15, -0.1) is 0 Å². The summed E-state index contributed by atoms with van der Waals surface area (Å²) in [4.78, 5) is 20.4. The summed E-state index contributed by atoms with van der Waals surface area (Å²) in [6, 6.07) is 2.30. The largest absolute Gasteiger partial charge is 0.336 e. The molecule has 2 aromatic rings. The van der Waals surface area contributed by atoms with E-state index in [9.17, 15) is 4.79 Å². The molecule has 5 nitrogen and oxygen atoms in total. The first-order valence-electron chi connectivity index (χ1n) is 10.0. The molecule has 0 radical (unpaired) electrons. The summed E-state index contributed by atoms with van der Waals surface area (Å²) in [5, 5.41) is 4.87. The van der Waals surface area contributed by atoms with E-state index in [4.69, 9.17) is 4.52 Å². The number of hydrogen-bond acceptors (Lipinski definition) is 4. The number of aryl methyl sites for hydroxylation is 1. The molecule has 5 heteroatoms. The van der Waals surface area contributed by atoms with E-state index in [0.717, 1.165) is 54.6 Å². The smallest absolute Gasteiger partial charge is 0.259 e. The Hall–Kier alpha value is -1.91. The van der Waals surface area contributed by atoms with Gasteiger partial charge in [-0.1, -0.05) is 25.9 Å². The number of fused-ring (bicyclic) bond motifs is 1. The van der Waals surface area contributed by atoms with E-state index in [1.54, 1.807) is 0 Å². The van der Waals surface area contributed by atoms with Crippen LogP contribution in [-0.2, 0) is 0 Å². The second-order valence-electron chi connectivity index (χ2n) is 8.60. The van der Waals surface area contributed by atoms with Gasteiger partial charge in [-0.25, -0.2) is 4.98 Å². The zero-order chi connectivity index (χ0) is 18.4. The zero-order valence-corrected chi connectivity index (χ0v) is 16.3. The predicted octanol–water partition coefficient (Wildman–Crippen LogP) is 4.70. The fourth-order valence-electron chi connectivity index (χ4n) is 4.25. The Morgan fingerprint density at radius 1 is 1.23 bits per heavy atom. The molecule has 0 bridgehead atoms. The number of nitrogens with zero attached hydrogens (tertiary/aromatic N) is 3. The lowest BCUT2D eigenvalue weighted by Crippen LogP contribution is -2.43. The van der Waals surface area contributed by atoms with Gasteiger partial charge in [-0.2, -0.15) is 0 Å². The summed E-state index contributed by atoms with van der Waals surface area (Å²) in [6.45, 7) is 9.47. The minimum atomic E-state index is 0.124. The quantitative estimate of drug-likeness (QED) is 0.801. The van der Waals surface area contributed by atoms with Crippen LogP contribution in [0.4, 0.5) is 0 Å². The van der Waals surface area contributed by atoms with Crippen molar-refractivity contribution in [3.05, 3.63) is 23.0 Å². The lowest BCUT2D eigenvalue weighted by Gasteiger charge is -2.33. The van der Waals surface area contributed by atoms with Crippen LogP contribution in [0.1, 0.15) is 80.5 Å². The molecule has 1 saturated carbocycles. The van der Waals surface area contributed by atoms with Crippen LogP contribution in [0.15, 0.2) is 10.6 Å². The van der Waals surface area contributed by atoms with Gasteiger partial charge in [0, 0.05) is 24.2 Å². The molecule has 1 saturated heterocycles. The van der Waals surface area contributed by atoms with Crippen LogP contribution >= 0.6 is 0 Å². The van der Waals surface area contributed by atoms with Crippen LogP contribution < -0.4 is 0 Å². The van der Waals surface area contributed by atoms with Crippen molar-refractivity contribution < 1.29 is 9.32 Å². The van der Waals surface area contributed by atoms with Gasteiger partial charge in [0.2, 0.25) is 0 Å². The van der Waals surface area contributed by atoms with Gasteiger partial charge in [0.15, 0.2) is 0 Å². The van der Waals surface area contributed by atoms with Crippen LogP contribution in [-0.4, -0.2) is 33.5 Å². The van der Waals surface area contributed by atoms with E-state index in [1.807, 2.05) is 13.0 Å². The Labute approximate surface area is 155 Å². The number of likely N-dealkylation sites (tertiary alicyclic amines) is 1. The van der Waals surface area contributed by atoms with Gasteiger partial charge in [-0.3, -0.25) is 4.79 Å². The molecule has 0 N–H and O–H groups in total. The summed E-state index contributed by atoms with van der Waals surface area (Å²) < 4.78 is 5.43. The van der Waals surface area contributed by atoms with Gasteiger partial charge in [0.05, 0.1) is 16.6 Å². The number of aromatic nitrogens is 2.